The van der Waals surface area contributed by atoms with Gasteiger partial charge in [-0.3, -0.25) is 0 Å². The molecule has 1 aromatic rings. The van der Waals surface area contributed by atoms with Crippen LogP contribution in [-0.2, 0) is 0 Å². The smallest absolute Gasteiger partial charge is 0.121 e. The van der Waals surface area contributed by atoms with E-state index in [4.69, 9.17) is 4.74 Å². The van der Waals surface area contributed by atoms with E-state index in [1.165, 1.54) is 24.9 Å². The van der Waals surface area contributed by atoms with Crippen molar-refractivity contribution in [2.45, 2.75) is 58.6 Å². The lowest BCUT2D eigenvalue weighted by Gasteiger charge is -2.30. The summed E-state index contributed by atoms with van der Waals surface area (Å²) in [4.78, 5) is 2.51. The van der Waals surface area contributed by atoms with Gasteiger partial charge in [-0.1, -0.05) is 19.9 Å². The normalized spacial score (nSPS) is 21.5. The Hall–Kier alpha value is -1.22. The summed E-state index contributed by atoms with van der Waals surface area (Å²) in [5.74, 6) is 0.995. The Balaban J connectivity index is 2.03. The van der Waals surface area contributed by atoms with Crippen LogP contribution in [-0.4, -0.2) is 31.8 Å². The standard InChI is InChI=1S/C18H30N2O/c1-4-15(3)21-18-9-6-8-17(14-18)20-12-7-11-19-16(5-2)10-13-20/h6,8-9,14-16,19H,4-5,7,10-13H2,1-3H3. The Bertz CT molecular complexity index is 421. The van der Waals surface area contributed by atoms with Crippen molar-refractivity contribution < 1.29 is 4.74 Å². The number of hydrogen-bond acceptors (Lipinski definition) is 3. The molecule has 3 heteroatoms. The second kappa shape index (κ2) is 8.28. The molecule has 21 heavy (non-hydrogen) atoms. The van der Waals surface area contributed by atoms with Gasteiger partial charge in [0.1, 0.15) is 5.75 Å². The van der Waals surface area contributed by atoms with Gasteiger partial charge in [0.15, 0.2) is 0 Å². The van der Waals surface area contributed by atoms with E-state index < -0.39 is 0 Å². The number of nitrogens with zero attached hydrogens (tertiary/aromatic N) is 1. The van der Waals surface area contributed by atoms with Crippen LogP contribution in [0.1, 0.15) is 46.5 Å². The Labute approximate surface area is 129 Å². The first-order chi connectivity index (χ1) is 10.2. The second-order valence-corrected chi connectivity index (χ2v) is 6.02. The lowest BCUT2D eigenvalue weighted by Crippen LogP contribution is -2.39. The highest BCUT2D eigenvalue weighted by atomic mass is 16.5. The van der Waals surface area contributed by atoms with Crippen molar-refractivity contribution >= 4 is 5.69 Å². The summed E-state index contributed by atoms with van der Waals surface area (Å²) in [5.41, 5.74) is 1.30. The third-order valence-electron chi connectivity index (χ3n) is 4.37. The molecule has 1 saturated heterocycles. The minimum absolute atomic E-state index is 0.279. The lowest BCUT2D eigenvalue weighted by atomic mass is 10.1. The number of rotatable bonds is 5. The molecule has 1 aliphatic heterocycles. The van der Waals surface area contributed by atoms with Crippen LogP contribution < -0.4 is 15.0 Å². The van der Waals surface area contributed by atoms with Crippen molar-refractivity contribution in [3.63, 3.8) is 0 Å². The van der Waals surface area contributed by atoms with Gasteiger partial charge in [-0.25, -0.2) is 0 Å². The highest BCUT2D eigenvalue weighted by molar-refractivity contribution is 5.50. The van der Waals surface area contributed by atoms with Crippen LogP contribution >= 0.6 is 0 Å². The molecule has 0 aliphatic carbocycles. The Morgan fingerprint density at radius 3 is 2.95 bits per heavy atom. The monoisotopic (exact) mass is 290 g/mol. The quantitative estimate of drug-likeness (QED) is 0.892. The van der Waals surface area contributed by atoms with E-state index in [1.807, 2.05) is 0 Å². The number of nitrogens with one attached hydrogen (secondary N) is 1. The van der Waals surface area contributed by atoms with Gasteiger partial charge in [-0.2, -0.15) is 0 Å². The Morgan fingerprint density at radius 1 is 1.33 bits per heavy atom. The summed E-state index contributed by atoms with van der Waals surface area (Å²) in [6.07, 6.45) is 4.95. The highest BCUT2D eigenvalue weighted by Gasteiger charge is 2.14. The number of hydrogen-bond donors (Lipinski definition) is 1. The summed E-state index contributed by atoms with van der Waals surface area (Å²) in [5, 5.41) is 3.64. The van der Waals surface area contributed by atoms with Crippen LogP contribution in [0.15, 0.2) is 24.3 Å². The van der Waals surface area contributed by atoms with E-state index in [0.29, 0.717) is 6.04 Å². The van der Waals surface area contributed by atoms with Gasteiger partial charge in [0.2, 0.25) is 0 Å². The van der Waals surface area contributed by atoms with E-state index >= 15 is 0 Å². The predicted molar refractivity (Wildman–Crippen MR) is 90.4 cm³/mol. The zero-order chi connectivity index (χ0) is 15.1. The fraction of sp³-hybridized carbons (Fsp3) is 0.667. The number of anilines is 1. The zero-order valence-corrected chi connectivity index (χ0v) is 13.8. The van der Waals surface area contributed by atoms with Gasteiger partial charge in [0.25, 0.3) is 0 Å². The van der Waals surface area contributed by atoms with Crippen molar-refractivity contribution in [2.75, 3.05) is 24.5 Å². The summed E-state index contributed by atoms with van der Waals surface area (Å²) >= 11 is 0. The van der Waals surface area contributed by atoms with Gasteiger partial charge < -0.3 is 15.0 Å². The largest absolute Gasteiger partial charge is 0.491 e. The molecule has 0 saturated carbocycles. The molecule has 3 nitrogen and oxygen atoms in total. The molecule has 0 radical (unpaired) electrons. The molecule has 2 unspecified atom stereocenters. The third kappa shape index (κ3) is 4.92. The molecule has 0 aromatic heterocycles. The first-order valence-corrected chi connectivity index (χ1v) is 8.48. The van der Waals surface area contributed by atoms with Crippen LogP contribution in [0.4, 0.5) is 5.69 Å². The maximum atomic E-state index is 5.95. The van der Waals surface area contributed by atoms with Gasteiger partial charge in [-0.05, 0) is 51.3 Å². The molecule has 0 spiro atoms. The molecule has 1 N–H and O–H groups in total. The number of ether oxygens (including phenoxy) is 1. The molecule has 118 valence electrons. The minimum atomic E-state index is 0.279. The van der Waals surface area contributed by atoms with Crippen LogP contribution in [0, 0.1) is 0 Å². The summed E-state index contributed by atoms with van der Waals surface area (Å²) in [6, 6.07) is 9.24. The summed E-state index contributed by atoms with van der Waals surface area (Å²) < 4.78 is 5.95. The summed E-state index contributed by atoms with van der Waals surface area (Å²) in [6.45, 7) is 9.92. The van der Waals surface area contributed by atoms with Gasteiger partial charge >= 0.3 is 0 Å². The van der Waals surface area contributed by atoms with E-state index in [9.17, 15) is 0 Å². The summed E-state index contributed by atoms with van der Waals surface area (Å²) in [7, 11) is 0. The van der Waals surface area contributed by atoms with E-state index in [-0.39, 0.29) is 6.10 Å². The average Bonchev–Trinajstić information content (AvgIpc) is 2.47. The van der Waals surface area contributed by atoms with Gasteiger partial charge in [0, 0.05) is 30.9 Å². The molecular formula is C18H30N2O. The maximum Gasteiger partial charge on any atom is 0.121 e. The van der Waals surface area contributed by atoms with Gasteiger partial charge in [0.05, 0.1) is 6.10 Å². The Morgan fingerprint density at radius 2 is 2.19 bits per heavy atom. The van der Waals surface area contributed by atoms with Crippen LogP contribution in [0.25, 0.3) is 0 Å². The van der Waals surface area contributed by atoms with Crippen molar-refractivity contribution in [3.8, 4) is 5.75 Å². The maximum absolute atomic E-state index is 5.95. The van der Waals surface area contributed by atoms with Crippen molar-refractivity contribution in [2.24, 2.45) is 0 Å². The first-order valence-electron chi connectivity index (χ1n) is 8.48. The van der Waals surface area contributed by atoms with E-state index in [2.05, 4.69) is 55.3 Å². The third-order valence-corrected chi connectivity index (χ3v) is 4.37. The fourth-order valence-corrected chi connectivity index (χ4v) is 2.78. The molecule has 2 atom stereocenters. The van der Waals surface area contributed by atoms with Crippen LogP contribution in [0.5, 0.6) is 5.75 Å². The molecule has 1 heterocycles. The highest BCUT2D eigenvalue weighted by Crippen LogP contribution is 2.23. The van der Waals surface area contributed by atoms with E-state index in [0.717, 1.165) is 31.8 Å². The van der Waals surface area contributed by atoms with Crippen LogP contribution in [0.2, 0.25) is 0 Å². The molecule has 0 amide bonds. The average molecular weight is 290 g/mol. The van der Waals surface area contributed by atoms with Crippen molar-refractivity contribution in [1.29, 1.82) is 0 Å². The van der Waals surface area contributed by atoms with Crippen LogP contribution in [0.3, 0.4) is 0 Å². The molecule has 1 aromatic carbocycles. The first kappa shape index (κ1) is 16.2. The Kier molecular flexibility index (Phi) is 6.37. The number of benzene rings is 1. The van der Waals surface area contributed by atoms with Crippen molar-refractivity contribution in [3.05, 3.63) is 24.3 Å². The molecular weight excluding hydrogens is 260 g/mol. The second-order valence-electron chi connectivity index (χ2n) is 6.02. The molecule has 1 fully saturated rings. The van der Waals surface area contributed by atoms with Gasteiger partial charge in [-0.15, -0.1) is 0 Å². The molecule has 2 rings (SSSR count). The predicted octanol–water partition coefficient (Wildman–Crippen LogP) is 3.83. The lowest BCUT2D eigenvalue weighted by molar-refractivity contribution is 0.217. The molecule has 0 bridgehead atoms. The van der Waals surface area contributed by atoms with Crippen molar-refractivity contribution in [1.82, 2.24) is 5.32 Å². The minimum Gasteiger partial charge on any atom is -0.491 e. The topological polar surface area (TPSA) is 24.5 Å². The SMILES string of the molecule is CCC1CCN(c2cccc(OC(C)CC)c2)CCCN1. The zero-order valence-electron chi connectivity index (χ0n) is 13.8. The fourth-order valence-electron chi connectivity index (χ4n) is 2.78. The van der Waals surface area contributed by atoms with E-state index in [1.54, 1.807) is 0 Å². The molecule has 1 aliphatic rings.